The van der Waals surface area contributed by atoms with E-state index in [0.717, 1.165) is 12.0 Å². The molecular formula is C25H27NO5. The molecule has 0 saturated carbocycles. The molecule has 0 fully saturated rings. The van der Waals surface area contributed by atoms with Crippen LogP contribution in [0.4, 0.5) is 0 Å². The van der Waals surface area contributed by atoms with Gasteiger partial charge in [0.15, 0.2) is 0 Å². The van der Waals surface area contributed by atoms with Crippen molar-refractivity contribution in [2.75, 3.05) is 20.8 Å². The fourth-order valence-corrected chi connectivity index (χ4v) is 3.57. The Morgan fingerprint density at radius 2 is 1.45 bits per heavy atom. The van der Waals surface area contributed by atoms with Crippen LogP contribution in [0.1, 0.15) is 30.4 Å². The van der Waals surface area contributed by atoms with Crippen molar-refractivity contribution in [1.29, 1.82) is 0 Å². The van der Waals surface area contributed by atoms with Crippen LogP contribution < -0.4 is 4.74 Å². The average molecular weight is 421 g/mol. The summed E-state index contributed by atoms with van der Waals surface area (Å²) in [6.07, 6.45) is 4.29. The smallest absolute Gasteiger partial charge is 0.336 e. The van der Waals surface area contributed by atoms with Crippen LogP contribution in [-0.2, 0) is 25.6 Å². The molecule has 0 amide bonds. The molecule has 6 heteroatoms. The SMILES string of the molecule is CCCOc1ccccc1C1C(C(=O)OC)=CN(Cc2ccccc2)C=C1C(=O)OC. The third kappa shape index (κ3) is 5.15. The van der Waals surface area contributed by atoms with Crippen molar-refractivity contribution >= 4 is 11.9 Å². The molecule has 6 nitrogen and oxygen atoms in total. The van der Waals surface area contributed by atoms with Crippen molar-refractivity contribution in [1.82, 2.24) is 4.90 Å². The Hall–Kier alpha value is -3.54. The number of hydrogen-bond acceptors (Lipinski definition) is 6. The van der Waals surface area contributed by atoms with Gasteiger partial charge in [-0.15, -0.1) is 0 Å². The first kappa shape index (κ1) is 22.2. The van der Waals surface area contributed by atoms with Crippen LogP contribution in [0.2, 0.25) is 0 Å². The normalized spacial score (nSPS) is 13.8. The number of esters is 2. The minimum Gasteiger partial charge on any atom is -0.493 e. The van der Waals surface area contributed by atoms with Crippen molar-refractivity contribution < 1.29 is 23.8 Å². The van der Waals surface area contributed by atoms with Gasteiger partial charge in [-0.3, -0.25) is 0 Å². The summed E-state index contributed by atoms with van der Waals surface area (Å²) < 4.78 is 16.1. The van der Waals surface area contributed by atoms with E-state index < -0.39 is 17.9 Å². The molecule has 0 bridgehead atoms. The third-order valence-electron chi connectivity index (χ3n) is 4.97. The topological polar surface area (TPSA) is 65.1 Å². The molecule has 1 aliphatic rings. The number of ether oxygens (including phenoxy) is 3. The first-order valence-electron chi connectivity index (χ1n) is 10.2. The lowest BCUT2D eigenvalue weighted by molar-refractivity contribution is -0.137. The lowest BCUT2D eigenvalue weighted by Crippen LogP contribution is -2.29. The van der Waals surface area contributed by atoms with E-state index in [1.54, 1.807) is 17.3 Å². The van der Waals surface area contributed by atoms with Crippen LogP contribution in [0.5, 0.6) is 5.75 Å². The Morgan fingerprint density at radius 1 is 0.871 bits per heavy atom. The predicted octanol–water partition coefficient (Wildman–Crippen LogP) is 4.19. The second-order valence-corrected chi connectivity index (χ2v) is 7.13. The summed E-state index contributed by atoms with van der Waals surface area (Å²) in [5, 5.41) is 0. The third-order valence-corrected chi connectivity index (χ3v) is 4.97. The second-order valence-electron chi connectivity index (χ2n) is 7.13. The second kappa shape index (κ2) is 10.5. The number of nitrogens with zero attached hydrogens (tertiary/aromatic N) is 1. The van der Waals surface area contributed by atoms with Crippen LogP contribution in [0.25, 0.3) is 0 Å². The van der Waals surface area contributed by atoms with Crippen LogP contribution in [0.3, 0.4) is 0 Å². The van der Waals surface area contributed by atoms with E-state index in [0.29, 0.717) is 35.6 Å². The van der Waals surface area contributed by atoms with Crippen LogP contribution in [-0.4, -0.2) is 37.7 Å². The Morgan fingerprint density at radius 3 is 2.03 bits per heavy atom. The van der Waals surface area contributed by atoms with Gasteiger partial charge in [-0.2, -0.15) is 0 Å². The van der Waals surface area contributed by atoms with Gasteiger partial charge < -0.3 is 19.1 Å². The number of methoxy groups -OCH3 is 2. The molecule has 0 aliphatic carbocycles. The molecule has 0 aromatic heterocycles. The van der Waals surface area contributed by atoms with Crippen LogP contribution in [0.15, 0.2) is 78.1 Å². The number of para-hydroxylation sites is 1. The number of carbonyl (C=O) groups is 2. The summed E-state index contributed by atoms with van der Waals surface area (Å²) in [7, 11) is 2.66. The Kier molecular flexibility index (Phi) is 7.49. The Balaban J connectivity index is 2.10. The molecule has 31 heavy (non-hydrogen) atoms. The highest BCUT2D eigenvalue weighted by Crippen LogP contribution is 2.41. The maximum atomic E-state index is 12.8. The number of hydrogen-bond donors (Lipinski definition) is 0. The van der Waals surface area contributed by atoms with E-state index in [9.17, 15) is 9.59 Å². The first-order chi connectivity index (χ1) is 15.1. The van der Waals surface area contributed by atoms with E-state index in [2.05, 4.69) is 0 Å². The zero-order valence-corrected chi connectivity index (χ0v) is 18.0. The molecule has 2 aromatic carbocycles. The highest BCUT2D eigenvalue weighted by Gasteiger charge is 2.36. The molecular weight excluding hydrogens is 394 g/mol. The van der Waals surface area contributed by atoms with Crippen molar-refractivity contribution in [2.24, 2.45) is 0 Å². The molecule has 162 valence electrons. The van der Waals surface area contributed by atoms with Gasteiger partial charge in [-0.25, -0.2) is 9.59 Å². The summed E-state index contributed by atoms with van der Waals surface area (Å²) in [4.78, 5) is 27.4. The van der Waals surface area contributed by atoms with E-state index in [1.807, 2.05) is 61.5 Å². The van der Waals surface area contributed by atoms with E-state index in [1.165, 1.54) is 14.2 Å². The van der Waals surface area contributed by atoms with Gasteiger partial charge in [0.05, 0.1) is 37.9 Å². The lowest BCUT2D eigenvalue weighted by atomic mass is 9.82. The highest BCUT2D eigenvalue weighted by molar-refractivity contribution is 5.98. The predicted molar refractivity (Wildman–Crippen MR) is 117 cm³/mol. The molecule has 0 atom stereocenters. The minimum absolute atomic E-state index is 0.342. The molecule has 2 aromatic rings. The summed E-state index contributed by atoms with van der Waals surface area (Å²) in [5.41, 5.74) is 2.43. The molecule has 3 rings (SSSR count). The van der Waals surface area contributed by atoms with Gasteiger partial charge >= 0.3 is 11.9 Å². The maximum absolute atomic E-state index is 12.8. The molecule has 0 unspecified atom stereocenters. The summed E-state index contributed by atoms with van der Waals surface area (Å²) in [5.74, 6) is -1.07. The van der Waals surface area contributed by atoms with Crippen LogP contribution in [0, 0.1) is 0 Å². The minimum atomic E-state index is -0.667. The molecule has 1 heterocycles. The summed E-state index contributed by atoms with van der Waals surface area (Å²) >= 11 is 0. The van der Waals surface area contributed by atoms with Crippen LogP contribution >= 0.6 is 0 Å². The molecule has 1 aliphatic heterocycles. The van der Waals surface area contributed by atoms with E-state index in [4.69, 9.17) is 14.2 Å². The molecule has 0 saturated heterocycles. The van der Waals surface area contributed by atoms with Gasteiger partial charge in [0, 0.05) is 24.5 Å². The van der Waals surface area contributed by atoms with Crippen molar-refractivity contribution in [3.63, 3.8) is 0 Å². The zero-order valence-electron chi connectivity index (χ0n) is 18.0. The molecule has 0 spiro atoms. The number of carbonyl (C=O) groups excluding carboxylic acids is 2. The quantitative estimate of drug-likeness (QED) is 0.596. The van der Waals surface area contributed by atoms with Gasteiger partial charge in [0.1, 0.15) is 5.75 Å². The Bertz CT molecular complexity index is 946. The first-order valence-corrected chi connectivity index (χ1v) is 10.2. The summed E-state index contributed by atoms with van der Waals surface area (Å²) in [6, 6.07) is 17.2. The van der Waals surface area contributed by atoms with Gasteiger partial charge in [-0.05, 0) is 18.1 Å². The van der Waals surface area contributed by atoms with Gasteiger partial charge in [0.25, 0.3) is 0 Å². The zero-order chi connectivity index (χ0) is 22.2. The maximum Gasteiger partial charge on any atom is 0.336 e. The van der Waals surface area contributed by atoms with E-state index >= 15 is 0 Å². The average Bonchev–Trinajstić information content (AvgIpc) is 2.82. The van der Waals surface area contributed by atoms with Crippen molar-refractivity contribution in [2.45, 2.75) is 25.8 Å². The highest BCUT2D eigenvalue weighted by atomic mass is 16.5. The standard InChI is InChI=1S/C25H27NO5/c1-4-14-31-22-13-9-8-12-19(22)23-20(24(27)29-2)16-26(17-21(23)25(28)30-3)15-18-10-6-5-7-11-18/h5-13,16-17,23H,4,14-15H2,1-3H3. The monoisotopic (exact) mass is 421 g/mol. The lowest BCUT2D eigenvalue weighted by Gasteiger charge is -2.31. The van der Waals surface area contributed by atoms with E-state index in [-0.39, 0.29) is 0 Å². The molecule has 0 N–H and O–H groups in total. The Labute approximate surface area is 182 Å². The number of rotatable bonds is 8. The van der Waals surface area contributed by atoms with Crippen molar-refractivity contribution in [3.8, 4) is 5.75 Å². The largest absolute Gasteiger partial charge is 0.493 e. The fraction of sp³-hybridized carbons (Fsp3) is 0.280. The molecule has 0 radical (unpaired) electrons. The summed E-state index contributed by atoms with van der Waals surface area (Å²) in [6.45, 7) is 3.03. The van der Waals surface area contributed by atoms with Gasteiger partial charge in [-0.1, -0.05) is 55.5 Å². The number of benzene rings is 2. The fourth-order valence-electron chi connectivity index (χ4n) is 3.57. The van der Waals surface area contributed by atoms with Crippen molar-refractivity contribution in [3.05, 3.63) is 89.3 Å². The van der Waals surface area contributed by atoms with Gasteiger partial charge in [0.2, 0.25) is 0 Å².